The number of benzene rings is 1. The molecule has 6 nitrogen and oxygen atoms in total. The molecule has 1 aromatic heterocycles. The molecule has 2 rings (SSSR count). The molecule has 0 radical (unpaired) electrons. The Morgan fingerprint density at radius 3 is 2.50 bits per heavy atom. The number of hydrogen-bond acceptors (Lipinski definition) is 5. The fourth-order valence-electron chi connectivity index (χ4n) is 1.91. The van der Waals surface area contributed by atoms with Crippen LogP contribution in [0.25, 0.3) is 0 Å². The van der Waals surface area contributed by atoms with Crippen LogP contribution in [0.1, 0.15) is 26.4 Å². The van der Waals surface area contributed by atoms with E-state index in [-0.39, 0.29) is 5.56 Å². The van der Waals surface area contributed by atoms with Crippen molar-refractivity contribution < 1.29 is 31.9 Å². The van der Waals surface area contributed by atoms with Gasteiger partial charge >= 0.3 is 12.1 Å². The second-order valence-corrected chi connectivity index (χ2v) is 4.71. The molecule has 0 fully saturated rings. The van der Waals surface area contributed by atoms with Crippen molar-refractivity contribution in [1.29, 1.82) is 0 Å². The summed E-state index contributed by atoms with van der Waals surface area (Å²) in [4.78, 5) is 23.6. The van der Waals surface area contributed by atoms with Crippen LogP contribution in [0.3, 0.4) is 0 Å². The highest BCUT2D eigenvalue weighted by Crippen LogP contribution is 2.33. The lowest BCUT2D eigenvalue weighted by molar-refractivity contribution is -0.142. The van der Waals surface area contributed by atoms with Gasteiger partial charge in [0.1, 0.15) is 17.2 Å². The minimum Gasteiger partial charge on any atom is -0.454 e. The van der Waals surface area contributed by atoms with E-state index in [4.69, 9.17) is 5.73 Å². The summed E-state index contributed by atoms with van der Waals surface area (Å²) in [5.41, 5.74) is 2.53. The van der Waals surface area contributed by atoms with Crippen LogP contribution in [0.2, 0.25) is 0 Å². The van der Waals surface area contributed by atoms with Gasteiger partial charge < -0.3 is 10.5 Å². The highest BCUT2D eigenvalue weighted by molar-refractivity contribution is 6.01. The van der Waals surface area contributed by atoms with Crippen LogP contribution < -0.4 is 5.73 Å². The summed E-state index contributed by atoms with van der Waals surface area (Å²) in [6.07, 6.45) is -4.93. The normalized spacial score (nSPS) is 11.4. The summed E-state index contributed by atoms with van der Waals surface area (Å²) in [6.45, 7) is -0.939. The van der Waals surface area contributed by atoms with Gasteiger partial charge in [-0.2, -0.15) is 18.3 Å². The lowest BCUT2D eigenvalue weighted by Crippen LogP contribution is -2.19. The SMILES string of the molecule is Cn1nc(C(F)(F)F)c(C(=O)OCC(=O)c2ccccc2F)c1N. The van der Waals surface area contributed by atoms with Crippen LogP contribution in [-0.4, -0.2) is 28.1 Å². The van der Waals surface area contributed by atoms with E-state index in [1.165, 1.54) is 12.1 Å². The topological polar surface area (TPSA) is 87.2 Å². The highest BCUT2D eigenvalue weighted by atomic mass is 19.4. The average molecular weight is 345 g/mol. The molecule has 0 bridgehead atoms. The molecule has 128 valence electrons. The maximum Gasteiger partial charge on any atom is 0.436 e. The van der Waals surface area contributed by atoms with Gasteiger partial charge in [-0.05, 0) is 12.1 Å². The number of nitrogens with zero attached hydrogens (tertiary/aromatic N) is 2. The lowest BCUT2D eigenvalue weighted by atomic mass is 10.1. The molecule has 0 spiro atoms. The van der Waals surface area contributed by atoms with Crippen LogP contribution in [0.4, 0.5) is 23.4 Å². The average Bonchev–Trinajstić information content (AvgIpc) is 2.81. The molecule has 1 heterocycles. The number of esters is 1. The molecule has 1 aromatic carbocycles. The Morgan fingerprint density at radius 1 is 1.29 bits per heavy atom. The van der Waals surface area contributed by atoms with E-state index in [0.29, 0.717) is 4.68 Å². The summed E-state index contributed by atoms with van der Waals surface area (Å²) >= 11 is 0. The standard InChI is InChI=1S/C14H11F4N3O3/c1-21-12(19)10(11(20-21)14(16,17)18)13(23)24-6-9(22)7-4-2-3-5-8(7)15/h2-5H,6,19H2,1H3. The molecule has 10 heteroatoms. The Bertz CT molecular complexity index is 799. The van der Waals surface area contributed by atoms with Crippen molar-refractivity contribution in [3.63, 3.8) is 0 Å². The predicted octanol–water partition coefficient (Wildman–Crippen LogP) is 2.20. The van der Waals surface area contributed by atoms with Crippen molar-refractivity contribution in [1.82, 2.24) is 9.78 Å². The van der Waals surface area contributed by atoms with E-state index in [0.717, 1.165) is 19.2 Å². The van der Waals surface area contributed by atoms with Crippen molar-refractivity contribution in [2.45, 2.75) is 6.18 Å². The predicted molar refractivity (Wildman–Crippen MR) is 73.6 cm³/mol. The second-order valence-electron chi connectivity index (χ2n) is 4.71. The number of nitrogens with two attached hydrogens (primary N) is 1. The number of ketones is 1. The van der Waals surface area contributed by atoms with Gasteiger partial charge in [-0.25, -0.2) is 9.18 Å². The first-order valence-corrected chi connectivity index (χ1v) is 6.47. The molecular weight excluding hydrogens is 334 g/mol. The van der Waals surface area contributed by atoms with E-state index < -0.39 is 47.4 Å². The smallest absolute Gasteiger partial charge is 0.436 e. The van der Waals surface area contributed by atoms with Gasteiger partial charge in [0, 0.05) is 7.05 Å². The number of ether oxygens (including phenoxy) is 1. The third-order valence-corrected chi connectivity index (χ3v) is 3.07. The summed E-state index contributed by atoms with van der Waals surface area (Å²) < 4.78 is 57.2. The van der Waals surface area contributed by atoms with Crippen molar-refractivity contribution in [2.24, 2.45) is 7.05 Å². The minimum atomic E-state index is -4.93. The maximum absolute atomic E-state index is 13.4. The van der Waals surface area contributed by atoms with Gasteiger partial charge in [-0.15, -0.1) is 0 Å². The molecule has 0 saturated carbocycles. The Hall–Kier alpha value is -2.91. The van der Waals surface area contributed by atoms with E-state index >= 15 is 0 Å². The molecule has 0 amide bonds. The van der Waals surface area contributed by atoms with Gasteiger partial charge in [-0.3, -0.25) is 9.48 Å². The minimum absolute atomic E-state index is 0.347. The van der Waals surface area contributed by atoms with E-state index in [1.54, 1.807) is 0 Å². The number of aromatic nitrogens is 2. The molecule has 2 aromatic rings. The van der Waals surface area contributed by atoms with Crippen molar-refractivity contribution in [2.75, 3.05) is 12.3 Å². The summed E-state index contributed by atoms with van der Waals surface area (Å²) in [5, 5.41) is 3.12. The Kier molecular flexibility index (Phi) is 4.58. The van der Waals surface area contributed by atoms with Gasteiger partial charge in [0.05, 0.1) is 5.56 Å². The van der Waals surface area contributed by atoms with Crippen molar-refractivity contribution in [3.05, 3.63) is 46.9 Å². The molecule has 0 atom stereocenters. The van der Waals surface area contributed by atoms with Crippen LogP contribution in [0.15, 0.2) is 24.3 Å². The van der Waals surface area contributed by atoms with Crippen LogP contribution in [0.5, 0.6) is 0 Å². The summed E-state index contributed by atoms with van der Waals surface area (Å²) in [5.74, 6) is -3.78. The Labute approximate surface area is 132 Å². The number of halogens is 4. The molecule has 0 aliphatic heterocycles. The van der Waals surface area contributed by atoms with Gasteiger partial charge in [0.2, 0.25) is 5.78 Å². The molecule has 0 unspecified atom stereocenters. The molecule has 2 N–H and O–H groups in total. The van der Waals surface area contributed by atoms with Crippen molar-refractivity contribution in [3.8, 4) is 0 Å². The zero-order valence-electron chi connectivity index (χ0n) is 12.2. The van der Waals surface area contributed by atoms with Gasteiger partial charge in [-0.1, -0.05) is 12.1 Å². The zero-order chi connectivity index (χ0) is 18.1. The van der Waals surface area contributed by atoms with Crippen molar-refractivity contribution >= 4 is 17.6 Å². The molecule has 0 aliphatic rings. The molecule has 24 heavy (non-hydrogen) atoms. The Morgan fingerprint density at radius 2 is 1.92 bits per heavy atom. The number of alkyl halides is 3. The summed E-state index contributed by atoms with van der Waals surface area (Å²) in [7, 11) is 1.12. The fraction of sp³-hybridized carbons (Fsp3) is 0.214. The quantitative estimate of drug-likeness (QED) is 0.521. The number of anilines is 1. The van der Waals surface area contributed by atoms with Gasteiger partial charge in [0.15, 0.2) is 12.3 Å². The number of rotatable bonds is 4. The number of hydrogen-bond donors (Lipinski definition) is 1. The molecular formula is C14H11F4N3O3. The maximum atomic E-state index is 13.4. The number of nitrogen functional groups attached to an aromatic ring is 1. The highest BCUT2D eigenvalue weighted by Gasteiger charge is 2.41. The number of Topliss-reactive ketones (excluding diaryl/α,β-unsaturated/α-hetero) is 1. The van der Waals surface area contributed by atoms with Crippen LogP contribution in [-0.2, 0) is 18.0 Å². The van der Waals surface area contributed by atoms with E-state index in [2.05, 4.69) is 9.84 Å². The number of aryl methyl sites for hydroxylation is 1. The van der Waals surface area contributed by atoms with E-state index in [9.17, 15) is 27.2 Å². The van der Waals surface area contributed by atoms with Crippen LogP contribution in [0, 0.1) is 5.82 Å². The molecule has 0 saturated heterocycles. The molecule has 0 aliphatic carbocycles. The fourth-order valence-corrected chi connectivity index (χ4v) is 1.91. The Balaban J connectivity index is 2.20. The monoisotopic (exact) mass is 345 g/mol. The third-order valence-electron chi connectivity index (χ3n) is 3.07. The second kappa shape index (κ2) is 6.30. The zero-order valence-corrected chi connectivity index (χ0v) is 12.2. The van der Waals surface area contributed by atoms with Crippen LogP contribution >= 0.6 is 0 Å². The van der Waals surface area contributed by atoms with E-state index in [1.807, 2.05) is 0 Å². The van der Waals surface area contributed by atoms with Gasteiger partial charge in [0.25, 0.3) is 0 Å². The third kappa shape index (κ3) is 3.36. The lowest BCUT2D eigenvalue weighted by Gasteiger charge is -2.07. The first-order valence-electron chi connectivity index (χ1n) is 6.47. The number of carbonyl (C=O) groups excluding carboxylic acids is 2. The first kappa shape index (κ1) is 17.4. The summed E-state index contributed by atoms with van der Waals surface area (Å²) in [6, 6.07) is 4.92. The number of carbonyl (C=O) groups is 2. The largest absolute Gasteiger partial charge is 0.454 e. The first-order chi connectivity index (χ1) is 11.1.